The molecule has 328 valence electrons. The van der Waals surface area contributed by atoms with Crippen LogP contribution in [0.15, 0.2) is 121 Å². The largest absolute Gasteiger partial charge is 4.00 e. The van der Waals surface area contributed by atoms with Gasteiger partial charge in [-0.1, -0.05) is 72.8 Å². The predicted molar refractivity (Wildman–Crippen MR) is 235 cm³/mol. The summed E-state index contributed by atoms with van der Waals surface area (Å²) in [7, 11) is 4.76. The minimum absolute atomic E-state index is 0. The molecule has 0 N–H and O–H groups in total. The molecule has 0 radical (unpaired) electrons. The van der Waals surface area contributed by atoms with E-state index in [0.717, 1.165) is 0 Å². The molecule has 4 amide bonds. The molecule has 4 rings (SSSR count). The zero-order chi connectivity index (χ0) is 43.9. The number of hydrogen-bond donors (Lipinski definition) is 0. The van der Waals surface area contributed by atoms with Crippen molar-refractivity contribution < 1.29 is 73.6 Å². The van der Waals surface area contributed by atoms with E-state index >= 15 is 0 Å². The third-order valence-corrected chi connectivity index (χ3v) is 5.23. The molecular formula is C36H40Cl8N4O10Ti2. The number of halogens is 8. The molecule has 0 aliphatic carbocycles. The van der Waals surface area contributed by atoms with Gasteiger partial charge in [-0.25, -0.2) is 0 Å². The standard InChI is InChI=1S/4C8H8NO2.4CH2Cl2.2O.2Ti/c4*1-9(11)8(10)7-5-3-2-4-6-7;4*2-1-3;;;;/h4*2-6H,1H3;4*1H2;;;;/q4*-1;;;;;2*-2;2*+4. The van der Waals surface area contributed by atoms with Crippen molar-refractivity contribution in [2.24, 2.45) is 0 Å². The molecular weight excluding hydrogens is 1030 g/mol. The van der Waals surface area contributed by atoms with Crippen molar-refractivity contribution in [3.63, 3.8) is 0 Å². The minimum atomic E-state index is -0.509. The van der Waals surface area contributed by atoms with Crippen molar-refractivity contribution in [2.75, 3.05) is 49.5 Å². The van der Waals surface area contributed by atoms with E-state index in [1.165, 1.54) is 28.2 Å². The van der Waals surface area contributed by atoms with E-state index in [0.29, 0.717) is 42.5 Å². The third-order valence-electron chi connectivity index (χ3n) is 5.23. The number of hydroxylamine groups is 8. The maximum atomic E-state index is 11.0. The fourth-order valence-corrected chi connectivity index (χ4v) is 3.05. The van der Waals surface area contributed by atoms with Crippen LogP contribution in [-0.4, -0.2) is 93.4 Å². The van der Waals surface area contributed by atoms with Gasteiger partial charge in [-0.15, -0.1) is 92.8 Å². The molecule has 60 heavy (non-hydrogen) atoms. The van der Waals surface area contributed by atoms with Crippen LogP contribution in [0.5, 0.6) is 0 Å². The average molecular weight is 1070 g/mol. The Bertz CT molecular complexity index is 1310. The van der Waals surface area contributed by atoms with Gasteiger partial charge in [0.15, 0.2) is 0 Å². The number of rotatable bonds is 4. The Hall–Kier alpha value is -1.73. The summed E-state index contributed by atoms with van der Waals surface area (Å²) >= 11 is 38.1. The summed E-state index contributed by atoms with van der Waals surface area (Å²) in [4.78, 5) is 43.8. The van der Waals surface area contributed by atoms with Crippen molar-refractivity contribution in [1.29, 1.82) is 0 Å². The Labute approximate surface area is 420 Å². The maximum absolute atomic E-state index is 11.0. The van der Waals surface area contributed by atoms with Crippen LogP contribution in [0.4, 0.5) is 0 Å². The SMILES string of the molecule is CN([O-])C(=O)c1ccccc1.CN([O-])C(=O)c1ccccc1.CN([O-])C(=O)c1ccccc1.CN([O-])C(=O)c1ccccc1.ClCCl.ClCCl.ClCCl.ClCCl.[O-2].[O-2].[Ti+4].[Ti+4]. The zero-order valence-corrected chi connectivity index (χ0v) is 41.4. The van der Waals surface area contributed by atoms with Crippen molar-refractivity contribution in [3.8, 4) is 0 Å². The number of amides is 4. The van der Waals surface area contributed by atoms with Crippen LogP contribution in [0, 0.1) is 20.8 Å². The smallest absolute Gasteiger partial charge is 2.00 e. The molecule has 0 aliphatic heterocycles. The summed E-state index contributed by atoms with van der Waals surface area (Å²) < 4.78 is 0. The molecule has 0 atom stereocenters. The summed E-state index contributed by atoms with van der Waals surface area (Å²) in [6.07, 6.45) is 0. The number of alkyl halides is 8. The Morgan fingerprint density at radius 3 is 0.533 bits per heavy atom. The van der Waals surface area contributed by atoms with Gasteiger partial charge in [-0.3, -0.25) is 19.2 Å². The monoisotopic (exact) mass is 1060 g/mol. The van der Waals surface area contributed by atoms with Gasteiger partial charge in [-0.2, -0.15) is 0 Å². The molecule has 0 unspecified atom stereocenters. The van der Waals surface area contributed by atoms with Crippen LogP contribution in [0.3, 0.4) is 0 Å². The number of benzene rings is 4. The molecule has 0 saturated carbocycles. The molecule has 0 bridgehead atoms. The van der Waals surface area contributed by atoms with Gasteiger partial charge in [0, 0.05) is 22.3 Å². The molecule has 24 heteroatoms. The Kier molecular flexibility index (Phi) is 67.3. The first kappa shape index (κ1) is 75.6. The van der Waals surface area contributed by atoms with Gasteiger partial charge < -0.3 is 52.0 Å². The first-order valence-corrected chi connectivity index (χ1v) is 19.3. The quantitative estimate of drug-likeness (QED) is 0.108. The summed E-state index contributed by atoms with van der Waals surface area (Å²) in [5.74, 6) is -2.03. The Morgan fingerprint density at radius 1 is 0.350 bits per heavy atom. The minimum Gasteiger partial charge on any atom is -2.00 e. The summed E-state index contributed by atoms with van der Waals surface area (Å²) in [5, 5.41) is 44.1. The predicted octanol–water partition coefficient (Wildman–Crippen LogP) is 10.5. The first-order valence-electron chi connectivity index (χ1n) is 15.0. The van der Waals surface area contributed by atoms with Gasteiger partial charge in [-0.05, 0) is 76.7 Å². The van der Waals surface area contributed by atoms with E-state index in [1.54, 1.807) is 121 Å². The second-order valence-electron chi connectivity index (χ2n) is 9.08. The van der Waals surface area contributed by atoms with Gasteiger partial charge in [0.1, 0.15) is 0 Å². The molecule has 0 aromatic heterocycles. The van der Waals surface area contributed by atoms with Crippen LogP contribution in [0.2, 0.25) is 0 Å². The molecule has 4 aromatic rings. The molecule has 0 fully saturated rings. The Balaban J connectivity index is -0.0000000900. The van der Waals surface area contributed by atoms with Crippen molar-refractivity contribution >= 4 is 116 Å². The maximum Gasteiger partial charge on any atom is 4.00 e. The Morgan fingerprint density at radius 2 is 0.450 bits per heavy atom. The van der Waals surface area contributed by atoms with Crippen LogP contribution in [0.25, 0.3) is 0 Å². The van der Waals surface area contributed by atoms with Crippen molar-refractivity contribution in [3.05, 3.63) is 164 Å². The molecule has 0 aliphatic rings. The van der Waals surface area contributed by atoms with E-state index in [9.17, 15) is 40.0 Å². The topological polar surface area (TPSA) is 230 Å². The fourth-order valence-electron chi connectivity index (χ4n) is 3.05. The van der Waals surface area contributed by atoms with E-state index < -0.39 is 23.6 Å². The molecule has 0 spiro atoms. The molecule has 4 aromatic carbocycles. The van der Waals surface area contributed by atoms with Gasteiger partial charge in [0.2, 0.25) is 23.6 Å². The molecule has 0 heterocycles. The van der Waals surface area contributed by atoms with E-state index in [-0.39, 0.29) is 75.7 Å². The average Bonchev–Trinajstić information content (AvgIpc) is 3.20. The molecule has 0 saturated heterocycles. The number of nitrogens with zero attached hydrogens (tertiary/aromatic N) is 4. The molecule has 14 nitrogen and oxygen atoms in total. The summed E-state index contributed by atoms with van der Waals surface area (Å²) in [6.45, 7) is 0. The van der Waals surface area contributed by atoms with Crippen LogP contribution < -0.4 is 0 Å². The van der Waals surface area contributed by atoms with Crippen LogP contribution in [0.1, 0.15) is 41.4 Å². The normalized spacial score (nSPS) is 8.00. The van der Waals surface area contributed by atoms with Crippen molar-refractivity contribution in [1.82, 2.24) is 20.3 Å². The van der Waals surface area contributed by atoms with Gasteiger partial charge in [0.25, 0.3) is 0 Å². The van der Waals surface area contributed by atoms with Crippen molar-refractivity contribution in [2.45, 2.75) is 0 Å². The summed E-state index contributed by atoms with van der Waals surface area (Å²) in [5.41, 5.74) is 1.69. The van der Waals surface area contributed by atoms with Crippen LogP contribution in [-0.2, 0) is 54.4 Å². The van der Waals surface area contributed by atoms with Crippen LogP contribution >= 0.6 is 92.8 Å². The van der Waals surface area contributed by atoms with E-state index in [4.69, 9.17) is 92.8 Å². The number of carbonyl (C=O) groups excluding carboxylic acids is 4. The number of carbonyl (C=O) groups is 4. The fraction of sp³-hybridized carbons (Fsp3) is 0.222. The number of hydrogen-bond acceptors (Lipinski definition) is 8. The van der Waals surface area contributed by atoms with Gasteiger partial charge in [0.05, 0.1) is 21.4 Å². The third kappa shape index (κ3) is 44.3. The van der Waals surface area contributed by atoms with E-state index in [1.807, 2.05) is 0 Å². The summed E-state index contributed by atoms with van der Waals surface area (Å²) in [6, 6.07) is 33.8. The second-order valence-corrected chi connectivity index (χ2v) is 12.3. The van der Waals surface area contributed by atoms with E-state index in [2.05, 4.69) is 0 Å². The van der Waals surface area contributed by atoms with Gasteiger partial charge >= 0.3 is 43.4 Å². The second kappa shape index (κ2) is 53.4. The first-order chi connectivity index (χ1) is 26.5. The zero-order valence-electron chi connectivity index (χ0n) is 32.3.